The standard InChI is InChI=1S/C10H8ClN3.C10H9N3O.Cl3OP/c11-9-6-7-12-10(14-9)13-8-4-2-1-3-5-8;14-9-6-7-11-10(13-9)12-8-4-2-1-3-5-8;1-5(2,3)4/h1-7H,(H,12,13,14);1-7H,(H2,11,12,13,14);. The average molecular weight is 546 g/mol. The van der Waals surface area contributed by atoms with E-state index in [9.17, 15) is 9.36 Å². The summed E-state index contributed by atoms with van der Waals surface area (Å²) in [4.78, 5) is 25.5. The molecule has 2 aromatic carbocycles. The van der Waals surface area contributed by atoms with Gasteiger partial charge in [-0.1, -0.05) is 48.0 Å². The Morgan fingerprint density at radius 1 is 0.758 bits per heavy atom. The minimum Gasteiger partial charge on any atom is -0.326 e. The smallest absolute Gasteiger partial charge is 0.326 e. The highest BCUT2D eigenvalue weighted by Gasteiger charge is 2.03. The number of halogens is 4. The van der Waals surface area contributed by atoms with Gasteiger partial charge in [0.1, 0.15) is 5.15 Å². The van der Waals surface area contributed by atoms with E-state index in [1.54, 1.807) is 12.3 Å². The number of H-pyrrole nitrogens is 1. The number of hydrogen-bond acceptors (Lipinski definition) is 7. The zero-order valence-corrected chi connectivity index (χ0v) is 20.6. The Balaban J connectivity index is 0.000000195. The molecule has 0 aliphatic heterocycles. The van der Waals surface area contributed by atoms with Crippen molar-refractivity contribution in [2.45, 2.75) is 0 Å². The summed E-state index contributed by atoms with van der Waals surface area (Å²) in [5, 5.41) is 3.22. The summed E-state index contributed by atoms with van der Waals surface area (Å²) in [6.45, 7) is 0. The van der Waals surface area contributed by atoms with Gasteiger partial charge < -0.3 is 10.6 Å². The first-order chi connectivity index (χ1) is 15.7. The summed E-state index contributed by atoms with van der Waals surface area (Å²) in [6.07, 6.45) is 3.07. The molecule has 0 fully saturated rings. The highest BCUT2D eigenvalue weighted by atomic mass is 36.0. The number of para-hydroxylation sites is 2. The Morgan fingerprint density at radius 2 is 1.27 bits per heavy atom. The Morgan fingerprint density at radius 3 is 1.79 bits per heavy atom. The average Bonchev–Trinajstić information content (AvgIpc) is 2.75. The molecule has 13 heteroatoms. The van der Waals surface area contributed by atoms with Gasteiger partial charge in [0, 0.05) is 29.8 Å². The first-order valence-electron chi connectivity index (χ1n) is 9.06. The maximum Gasteiger partial charge on any atom is 0.339 e. The fourth-order valence-electron chi connectivity index (χ4n) is 2.14. The van der Waals surface area contributed by atoms with Gasteiger partial charge in [-0.3, -0.25) is 14.3 Å². The van der Waals surface area contributed by atoms with Crippen LogP contribution in [-0.4, -0.2) is 19.9 Å². The van der Waals surface area contributed by atoms with E-state index in [0.717, 1.165) is 11.4 Å². The van der Waals surface area contributed by atoms with E-state index >= 15 is 0 Å². The van der Waals surface area contributed by atoms with Crippen LogP contribution in [0.1, 0.15) is 0 Å². The van der Waals surface area contributed by atoms with E-state index in [4.69, 9.17) is 11.6 Å². The number of aromatic amines is 1. The predicted octanol–water partition coefficient (Wildman–Crippen LogP) is 7.20. The van der Waals surface area contributed by atoms with Crippen LogP contribution in [-0.2, 0) is 4.57 Å². The highest BCUT2D eigenvalue weighted by molar-refractivity contribution is 8.24. The molecule has 0 aliphatic rings. The van der Waals surface area contributed by atoms with Gasteiger partial charge >= 0.3 is 5.20 Å². The third-order valence-electron chi connectivity index (χ3n) is 3.36. The summed E-state index contributed by atoms with van der Waals surface area (Å²) in [7, 11) is 0. The van der Waals surface area contributed by atoms with E-state index in [0.29, 0.717) is 17.0 Å². The van der Waals surface area contributed by atoms with Crippen LogP contribution in [0.2, 0.25) is 5.15 Å². The Kier molecular flexibility index (Phi) is 11.2. The predicted molar refractivity (Wildman–Crippen MR) is 137 cm³/mol. The second-order valence-corrected chi connectivity index (χ2v) is 12.9. The third kappa shape index (κ3) is 12.9. The lowest BCUT2D eigenvalue weighted by atomic mass is 10.3. The lowest BCUT2D eigenvalue weighted by Gasteiger charge is -2.03. The van der Waals surface area contributed by atoms with E-state index in [1.807, 2.05) is 60.7 Å². The van der Waals surface area contributed by atoms with Crippen LogP contribution in [0.25, 0.3) is 0 Å². The molecule has 33 heavy (non-hydrogen) atoms. The zero-order chi connectivity index (χ0) is 24.1. The Hall–Kier alpha value is -2.61. The topological polar surface area (TPSA) is 113 Å². The third-order valence-corrected chi connectivity index (χ3v) is 3.57. The monoisotopic (exact) mass is 544 g/mol. The molecule has 0 unspecified atom stereocenters. The summed E-state index contributed by atoms with van der Waals surface area (Å²) >= 11 is 19.6. The van der Waals surface area contributed by atoms with Crippen LogP contribution >= 0.6 is 50.5 Å². The van der Waals surface area contributed by atoms with Crippen LogP contribution in [0.15, 0.2) is 90.0 Å². The van der Waals surface area contributed by atoms with Gasteiger partial charge in [0.05, 0.1) is 0 Å². The SMILES string of the molecule is Clc1ccnc(Nc2ccccc2)n1.O=P(Cl)(Cl)Cl.O=c1ccnc(Nc2ccccc2)[nH]1. The normalized spacial score (nSPS) is 10.1. The lowest BCUT2D eigenvalue weighted by Crippen LogP contribution is -2.07. The van der Waals surface area contributed by atoms with Gasteiger partial charge in [-0.2, -0.15) is 0 Å². The van der Waals surface area contributed by atoms with Crippen molar-refractivity contribution in [1.29, 1.82) is 0 Å². The van der Waals surface area contributed by atoms with Crippen molar-refractivity contribution < 1.29 is 4.57 Å². The van der Waals surface area contributed by atoms with E-state index in [1.165, 1.54) is 12.3 Å². The summed E-state index contributed by atoms with van der Waals surface area (Å²) < 4.78 is 9.51. The van der Waals surface area contributed by atoms with Crippen molar-refractivity contribution in [3.63, 3.8) is 0 Å². The van der Waals surface area contributed by atoms with Crippen LogP contribution in [0, 0.1) is 0 Å². The quantitative estimate of drug-likeness (QED) is 0.183. The molecule has 0 amide bonds. The molecular formula is C20H17Cl4N6O2P. The summed E-state index contributed by atoms with van der Waals surface area (Å²) in [6, 6.07) is 22.2. The van der Waals surface area contributed by atoms with Crippen molar-refractivity contribution in [3.05, 3.63) is 101 Å². The Labute approximate surface area is 209 Å². The van der Waals surface area contributed by atoms with Crippen molar-refractivity contribution >= 4 is 73.8 Å². The summed E-state index contributed by atoms with van der Waals surface area (Å²) in [5.41, 5.74) is 1.66. The zero-order valence-electron chi connectivity index (χ0n) is 16.7. The number of nitrogens with one attached hydrogen (secondary N) is 3. The molecule has 8 nitrogen and oxygen atoms in total. The molecule has 0 spiro atoms. The maximum absolute atomic E-state index is 10.9. The Bertz CT molecular complexity index is 1220. The van der Waals surface area contributed by atoms with Crippen LogP contribution in [0.4, 0.5) is 23.3 Å². The minimum absolute atomic E-state index is 0.168. The van der Waals surface area contributed by atoms with Gasteiger partial charge in [0.25, 0.3) is 5.56 Å². The molecule has 0 bridgehead atoms. The van der Waals surface area contributed by atoms with Gasteiger partial charge in [0.2, 0.25) is 11.9 Å². The lowest BCUT2D eigenvalue weighted by molar-refractivity contribution is 0.600. The molecule has 4 rings (SSSR count). The molecule has 172 valence electrons. The molecular weight excluding hydrogens is 529 g/mol. The molecule has 4 aromatic rings. The molecule has 0 radical (unpaired) electrons. The maximum atomic E-state index is 10.9. The molecule has 2 heterocycles. The van der Waals surface area contributed by atoms with Gasteiger partial charge in [-0.25, -0.2) is 15.0 Å². The second-order valence-electron chi connectivity index (χ2n) is 5.87. The number of anilines is 4. The number of nitrogens with zero attached hydrogens (tertiary/aromatic N) is 3. The van der Waals surface area contributed by atoms with E-state index in [-0.39, 0.29) is 5.56 Å². The van der Waals surface area contributed by atoms with E-state index in [2.05, 4.69) is 64.3 Å². The number of hydrogen-bond donors (Lipinski definition) is 3. The van der Waals surface area contributed by atoms with Crippen LogP contribution in [0.5, 0.6) is 0 Å². The molecule has 0 saturated heterocycles. The molecule has 0 aliphatic carbocycles. The van der Waals surface area contributed by atoms with Gasteiger partial charge in [0.15, 0.2) is 0 Å². The van der Waals surface area contributed by atoms with Crippen molar-refractivity contribution in [3.8, 4) is 0 Å². The molecule has 3 N–H and O–H groups in total. The molecule has 0 atom stereocenters. The summed E-state index contributed by atoms with van der Waals surface area (Å²) in [5.74, 6) is 0.951. The van der Waals surface area contributed by atoms with Crippen molar-refractivity contribution in [2.75, 3.05) is 10.6 Å². The number of benzene rings is 2. The fraction of sp³-hybridized carbons (Fsp3) is 0. The molecule has 0 saturated carbocycles. The first-order valence-corrected chi connectivity index (χ1v) is 13.9. The van der Waals surface area contributed by atoms with Crippen LogP contribution in [0.3, 0.4) is 0 Å². The minimum atomic E-state index is -3.22. The van der Waals surface area contributed by atoms with Crippen molar-refractivity contribution in [1.82, 2.24) is 19.9 Å². The van der Waals surface area contributed by atoms with Crippen molar-refractivity contribution in [2.24, 2.45) is 0 Å². The first kappa shape index (κ1) is 26.6. The largest absolute Gasteiger partial charge is 0.339 e. The van der Waals surface area contributed by atoms with Gasteiger partial charge in [-0.15, -0.1) is 0 Å². The number of rotatable bonds is 4. The van der Waals surface area contributed by atoms with E-state index < -0.39 is 5.20 Å². The number of aromatic nitrogens is 4. The highest BCUT2D eigenvalue weighted by Crippen LogP contribution is 2.61. The fourth-order valence-corrected chi connectivity index (χ4v) is 2.28. The van der Waals surface area contributed by atoms with Crippen LogP contribution < -0.4 is 16.2 Å². The molecule has 2 aromatic heterocycles. The second kappa shape index (κ2) is 13.8. The van der Waals surface area contributed by atoms with Gasteiger partial charge in [-0.05, 0) is 64.1 Å².